The fourth-order valence-electron chi connectivity index (χ4n) is 3.07. The molecule has 0 radical (unpaired) electrons. The molecule has 0 saturated carbocycles. The third-order valence-electron chi connectivity index (χ3n) is 4.53. The zero-order valence-corrected chi connectivity index (χ0v) is 16.2. The number of para-hydroxylation sites is 1. The molecule has 0 bridgehead atoms. The predicted molar refractivity (Wildman–Crippen MR) is 107 cm³/mol. The van der Waals surface area contributed by atoms with Crippen molar-refractivity contribution in [1.82, 2.24) is 15.1 Å². The first kappa shape index (κ1) is 21.3. The maximum atomic E-state index is 13.4. The van der Waals surface area contributed by atoms with E-state index < -0.39 is 28.8 Å². The largest absolute Gasteiger partial charge is 0.418 e. The van der Waals surface area contributed by atoms with Crippen LogP contribution in [0.2, 0.25) is 0 Å². The zero-order chi connectivity index (χ0) is 21.7. The molecule has 2 aromatic carbocycles. The second-order valence-electron chi connectivity index (χ2n) is 6.77. The van der Waals surface area contributed by atoms with E-state index in [2.05, 4.69) is 10.4 Å². The fraction of sp³-hybridized carbons (Fsp3) is 0.227. The van der Waals surface area contributed by atoms with Crippen LogP contribution in [0.15, 0.2) is 65.5 Å². The molecule has 1 amide bonds. The quantitative estimate of drug-likeness (QED) is 0.621. The molecule has 5 nitrogen and oxygen atoms in total. The lowest BCUT2D eigenvalue weighted by atomic mass is 10.1. The molecular formula is C22H20F3N3O2. The number of hydrogen-bond donors (Lipinski definition) is 1. The molecule has 1 N–H and O–H groups in total. The normalized spacial score (nSPS) is 11.3. The van der Waals surface area contributed by atoms with Gasteiger partial charge in [0.1, 0.15) is 0 Å². The highest BCUT2D eigenvalue weighted by molar-refractivity contribution is 5.92. The van der Waals surface area contributed by atoms with Crippen LogP contribution in [0, 0.1) is 6.92 Å². The second kappa shape index (κ2) is 8.94. The molecule has 30 heavy (non-hydrogen) atoms. The van der Waals surface area contributed by atoms with Gasteiger partial charge in [0, 0.05) is 18.3 Å². The van der Waals surface area contributed by atoms with Crippen molar-refractivity contribution in [3.8, 4) is 5.69 Å². The molecule has 0 atom stereocenters. The highest BCUT2D eigenvalue weighted by atomic mass is 19.4. The van der Waals surface area contributed by atoms with E-state index in [9.17, 15) is 22.8 Å². The Morgan fingerprint density at radius 3 is 2.43 bits per heavy atom. The number of aryl methyl sites for hydroxylation is 2. The molecule has 156 valence electrons. The van der Waals surface area contributed by atoms with E-state index in [1.165, 1.54) is 25.1 Å². The Morgan fingerprint density at radius 2 is 1.73 bits per heavy atom. The van der Waals surface area contributed by atoms with Crippen molar-refractivity contribution in [3.05, 3.63) is 93.4 Å². The summed E-state index contributed by atoms with van der Waals surface area (Å²) < 4.78 is 41.1. The summed E-state index contributed by atoms with van der Waals surface area (Å²) >= 11 is 0. The van der Waals surface area contributed by atoms with E-state index in [-0.39, 0.29) is 11.4 Å². The molecule has 3 aromatic rings. The van der Waals surface area contributed by atoms with Gasteiger partial charge in [-0.1, -0.05) is 42.5 Å². The van der Waals surface area contributed by atoms with Gasteiger partial charge in [-0.05, 0) is 37.5 Å². The number of hydrogen-bond acceptors (Lipinski definition) is 3. The first-order chi connectivity index (χ1) is 14.3. The molecule has 3 rings (SSSR count). The van der Waals surface area contributed by atoms with Crippen LogP contribution in [-0.4, -0.2) is 22.2 Å². The Bertz CT molecular complexity index is 1090. The van der Waals surface area contributed by atoms with Gasteiger partial charge >= 0.3 is 6.18 Å². The van der Waals surface area contributed by atoms with Gasteiger partial charge in [-0.25, -0.2) is 4.68 Å². The molecule has 0 fully saturated rings. The topological polar surface area (TPSA) is 64.0 Å². The molecule has 1 heterocycles. The number of carbonyl (C=O) groups is 1. The van der Waals surface area contributed by atoms with Gasteiger partial charge in [-0.15, -0.1) is 0 Å². The average Bonchev–Trinajstić information content (AvgIpc) is 2.71. The van der Waals surface area contributed by atoms with Crippen LogP contribution in [0.1, 0.15) is 33.7 Å². The fourth-order valence-corrected chi connectivity index (χ4v) is 3.07. The third kappa shape index (κ3) is 4.94. The number of nitrogens with one attached hydrogen (secondary N) is 1. The van der Waals surface area contributed by atoms with Crippen LogP contribution < -0.4 is 10.7 Å². The molecule has 0 unspecified atom stereocenters. The van der Waals surface area contributed by atoms with E-state index >= 15 is 0 Å². The van der Waals surface area contributed by atoms with Gasteiger partial charge in [0.05, 0.1) is 11.3 Å². The molecule has 0 aliphatic rings. The van der Waals surface area contributed by atoms with Crippen LogP contribution in [0.4, 0.5) is 13.2 Å². The van der Waals surface area contributed by atoms with Crippen molar-refractivity contribution in [1.29, 1.82) is 0 Å². The van der Waals surface area contributed by atoms with Gasteiger partial charge in [0.15, 0.2) is 5.69 Å². The Kier molecular flexibility index (Phi) is 6.34. The monoisotopic (exact) mass is 415 g/mol. The standard InChI is InChI=1S/C22H20F3N3O2/c1-15-14-19(29)20(21(30)26-13-7-10-16-8-3-2-4-9-16)27-28(15)18-12-6-5-11-17(18)22(23,24)25/h2-6,8-9,11-12,14H,7,10,13H2,1H3,(H,26,30). The highest BCUT2D eigenvalue weighted by Crippen LogP contribution is 2.33. The van der Waals surface area contributed by atoms with Crippen molar-refractivity contribution in [2.24, 2.45) is 0 Å². The Hall–Kier alpha value is -3.42. The van der Waals surface area contributed by atoms with Crippen molar-refractivity contribution in [2.45, 2.75) is 25.9 Å². The summed E-state index contributed by atoms with van der Waals surface area (Å²) in [4.78, 5) is 24.7. The number of benzene rings is 2. The summed E-state index contributed by atoms with van der Waals surface area (Å²) in [5.74, 6) is -0.716. The van der Waals surface area contributed by atoms with Crippen molar-refractivity contribution in [3.63, 3.8) is 0 Å². The van der Waals surface area contributed by atoms with Gasteiger partial charge in [-0.2, -0.15) is 18.3 Å². The summed E-state index contributed by atoms with van der Waals surface area (Å²) in [5, 5.41) is 6.56. The molecule has 0 spiro atoms. The number of amides is 1. The van der Waals surface area contributed by atoms with Gasteiger partial charge < -0.3 is 5.32 Å². The van der Waals surface area contributed by atoms with E-state index in [0.29, 0.717) is 13.0 Å². The lowest BCUT2D eigenvalue weighted by Gasteiger charge is -2.16. The maximum Gasteiger partial charge on any atom is 0.418 e. The van der Waals surface area contributed by atoms with E-state index in [1.807, 2.05) is 30.3 Å². The number of aromatic nitrogens is 2. The predicted octanol–water partition coefficient (Wildman–Crippen LogP) is 3.92. The zero-order valence-electron chi connectivity index (χ0n) is 16.2. The highest BCUT2D eigenvalue weighted by Gasteiger charge is 2.34. The maximum absolute atomic E-state index is 13.4. The molecule has 0 aliphatic heterocycles. The van der Waals surface area contributed by atoms with Crippen LogP contribution in [0.25, 0.3) is 5.69 Å². The Labute approximate surface area is 171 Å². The summed E-state index contributed by atoms with van der Waals surface area (Å²) in [6.45, 7) is 1.77. The first-order valence-corrected chi connectivity index (χ1v) is 9.37. The second-order valence-corrected chi connectivity index (χ2v) is 6.77. The van der Waals surface area contributed by atoms with Crippen molar-refractivity contribution < 1.29 is 18.0 Å². The van der Waals surface area contributed by atoms with Crippen molar-refractivity contribution in [2.75, 3.05) is 6.54 Å². The smallest absolute Gasteiger partial charge is 0.351 e. The van der Waals surface area contributed by atoms with Gasteiger partial charge in [0.2, 0.25) is 5.43 Å². The minimum atomic E-state index is -4.60. The lowest BCUT2D eigenvalue weighted by molar-refractivity contribution is -0.137. The Balaban J connectivity index is 1.80. The minimum absolute atomic E-state index is 0.192. The number of rotatable bonds is 6. The summed E-state index contributed by atoms with van der Waals surface area (Å²) in [5.41, 5.74) is -0.936. The number of alkyl halides is 3. The van der Waals surface area contributed by atoms with Gasteiger partial charge in [-0.3, -0.25) is 9.59 Å². The van der Waals surface area contributed by atoms with Crippen LogP contribution in [0.3, 0.4) is 0 Å². The minimum Gasteiger partial charge on any atom is -0.351 e. The van der Waals surface area contributed by atoms with E-state index in [4.69, 9.17) is 0 Å². The molecule has 0 saturated heterocycles. The number of nitrogens with zero attached hydrogens (tertiary/aromatic N) is 2. The van der Waals surface area contributed by atoms with Crippen LogP contribution in [-0.2, 0) is 12.6 Å². The SMILES string of the molecule is Cc1cc(=O)c(C(=O)NCCCc2ccccc2)nn1-c1ccccc1C(F)(F)F. The summed E-state index contributed by atoms with van der Waals surface area (Å²) in [6, 6.07) is 15.7. The van der Waals surface area contributed by atoms with Gasteiger partial charge in [0.25, 0.3) is 5.91 Å². The number of carbonyl (C=O) groups excluding carboxylic acids is 1. The third-order valence-corrected chi connectivity index (χ3v) is 4.53. The molecule has 1 aromatic heterocycles. The lowest BCUT2D eigenvalue weighted by Crippen LogP contribution is -2.33. The summed E-state index contributed by atoms with van der Waals surface area (Å²) in [7, 11) is 0. The van der Waals surface area contributed by atoms with Crippen molar-refractivity contribution >= 4 is 5.91 Å². The van der Waals surface area contributed by atoms with Crippen LogP contribution in [0.5, 0.6) is 0 Å². The Morgan fingerprint density at radius 1 is 1.07 bits per heavy atom. The molecule has 8 heteroatoms. The van der Waals surface area contributed by atoms with Crippen LogP contribution >= 0.6 is 0 Å². The molecule has 0 aliphatic carbocycles. The first-order valence-electron chi connectivity index (χ1n) is 9.37. The average molecular weight is 415 g/mol. The van der Waals surface area contributed by atoms with E-state index in [1.54, 1.807) is 0 Å². The summed E-state index contributed by atoms with van der Waals surface area (Å²) in [6.07, 6.45) is -3.22. The molecular weight excluding hydrogens is 395 g/mol. The van der Waals surface area contributed by atoms with E-state index in [0.717, 1.165) is 28.8 Å². The number of halogens is 3.